The predicted octanol–water partition coefficient (Wildman–Crippen LogP) is 1.86. The minimum absolute atomic E-state index is 0.105. The van der Waals surface area contributed by atoms with Crippen molar-refractivity contribution in [2.75, 3.05) is 7.11 Å². The molecule has 0 saturated heterocycles. The summed E-state index contributed by atoms with van der Waals surface area (Å²) in [6.45, 7) is 2.10. The van der Waals surface area contributed by atoms with Crippen LogP contribution in [0.3, 0.4) is 0 Å². The van der Waals surface area contributed by atoms with Gasteiger partial charge in [0.15, 0.2) is 11.6 Å². The Hall–Kier alpha value is -2.50. The zero-order valence-electron chi connectivity index (χ0n) is 11.2. The second-order valence-electron chi connectivity index (χ2n) is 4.18. The Kier molecular flexibility index (Phi) is 4.24. The first-order valence-electron chi connectivity index (χ1n) is 5.99. The standard InChI is InChI=1S/C14H14FN3O2/c1-9-5-11(18-8-17-9)7-16-14(19)10-3-4-13(20-2)12(15)6-10/h3-6,8H,7H2,1-2H3,(H,16,19). The highest BCUT2D eigenvalue weighted by atomic mass is 19.1. The molecule has 1 heterocycles. The fourth-order valence-corrected chi connectivity index (χ4v) is 1.69. The summed E-state index contributed by atoms with van der Waals surface area (Å²) < 4.78 is 18.3. The van der Waals surface area contributed by atoms with Gasteiger partial charge in [-0.25, -0.2) is 14.4 Å². The molecule has 0 aliphatic heterocycles. The van der Waals surface area contributed by atoms with Gasteiger partial charge in [0.1, 0.15) is 6.33 Å². The molecular weight excluding hydrogens is 261 g/mol. The maximum absolute atomic E-state index is 13.5. The molecule has 1 N–H and O–H groups in total. The summed E-state index contributed by atoms with van der Waals surface area (Å²) in [6, 6.07) is 5.83. The second-order valence-corrected chi connectivity index (χ2v) is 4.18. The second kappa shape index (κ2) is 6.10. The van der Waals surface area contributed by atoms with E-state index in [9.17, 15) is 9.18 Å². The van der Waals surface area contributed by atoms with Gasteiger partial charge in [-0.15, -0.1) is 0 Å². The van der Waals surface area contributed by atoms with Gasteiger partial charge in [-0.2, -0.15) is 0 Å². The first-order valence-corrected chi connectivity index (χ1v) is 5.99. The highest BCUT2D eigenvalue weighted by Gasteiger charge is 2.10. The van der Waals surface area contributed by atoms with E-state index in [0.29, 0.717) is 5.69 Å². The summed E-state index contributed by atoms with van der Waals surface area (Å²) in [6.07, 6.45) is 1.43. The summed E-state index contributed by atoms with van der Waals surface area (Å²) >= 11 is 0. The lowest BCUT2D eigenvalue weighted by molar-refractivity contribution is 0.0950. The van der Waals surface area contributed by atoms with E-state index in [0.717, 1.165) is 11.8 Å². The number of aryl methyl sites for hydroxylation is 1. The van der Waals surface area contributed by atoms with Crippen LogP contribution in [-0.2, 0) is 6.54 Å². The first-order chi connectivity index (χ1) is 9.60. The van der Waals surface area contributed by atoms with Crippen LogP contribution < -0.4 is 10.1 Å². The fraction of sp³-hybridized carbons (Fsp3) is 0.214. The molecule has 0 atom stereocenters. The van der Waals surface area contributed by atoms with E-state index in [2.05, 4.69) is 15.3 Å². The zero-order chi connectivity index (χ0) is 14.5. The molecule has 5 nitrogen and oxygen atoms in total. The number of nitrogens with zero attached hydrogens (tertiary/aromatic N) is 2. The van der Waals surface area contributed by atoms with Crippen LogP contribution in [0.15, 0.2) is 30.6 Å². The molecule has 0 saturated carbocycles. The number of carbonyl (C=O) groups is 1. The number of ether oxygens (including phenoxy) is 1. The van der Waals surface area contributed by atoms with Crippen molar-refractivity contribution in [2.24, 2.45) is 0 Å². The van der Waals surface area contributed by atoms with E-state index >= 15 is 0 Å². The Labute approximate surface area is 115 Å². The van der Waals surface area contributed by atoms with Crippen molar-refractivity contribution in [1.82, 2.24) is 15.3 Å². The smallest absolute Gasteiger partial charge is 0.251 e. The quantitative estimate of drug-likeness (QED) is 0.925. The van der Waals surface area contributed by atoms with Gasteiger partial charge in [-0.3, -0.25) is 4.79 Å². The van der Waals surface area contributed by atoms with Gasteiger partial charge >= 0.3 is 0 Å². The number of benzene rings is 1. The van der Waals surface area contributed by atoms with E-state index in [4.69, 9.17) is 4.74 Å². The van der Waals surface area contributed by atoms with Crippen LogP contribution in [0.5, 0.6) is 5.75 Å². The van der Waals surface area contributed by atoms with Crippen molar-refractivity contribution in [3.05, 3.63) is 53.4 Å². The topological polar surface area (TPSA) is 64.1 Å². The van der Waals surface area contributed by atoms with Crippen LogP contribution in [0, 0.1) is 12.7 Å². The molecular formula is C14H14FN3O2. The van der Waals surface area contributed by atoms with Crippen molar-refractivity contribution < 1.29 is 13.9 Å². The van der Waals surface area contributed by atoms with E-state index < -0.39 is 5.82 Å². The predicted molar refractivity (Wildman–Crippen MR) is 70.9 cm³/mol. The van der Waals surface area contributed by atoms with Crippen LogP contribution in [-0.4, -0.2) is 23.0 Å². The number of methoxy groups -OCH3 is 1. The van der Waals surface area contributed by atoms with Crippen LogP contribution in [0.4, 0.5) is 4.39 Å². The van der Waals surface area contributed by atoms with Crippen LogP contribution in [0.2, 0.25) is 0 Å². The lowest BCUT2D eigenvalue weighted by atomic mass is 10.2. The molecule has 20 heavy (non-hydrogen) atoms. The minimum atomic E-state index is -0.571. The molecule has 0 spiro atoms. The highest BCUT2D eigenvalue weighted by Crippen LogP contribution is 2.17. The van der Waals surface area contributed by atoms with Crippen molar-refractivity contribution >= 4 is 5.91 Å². The molecule has 0 unspecified atom stereocenters. The summed E-state index contributed by atoms with van der Waals surface area (Å²) in [7, 11) is 1.37. The molecule has 6 heteroatoms. The summed E-state index contributed by atoms with van der Waals surface area (Å²) in [5.74, 6) is -0.839. The lowest BCUT2D eigenvalue weighted by Crippen LogP contribution is -2.23. The number of carbonyl (C=O) groups excluding carboxylic acids is 1. The number of nitrogens with one attached hydrogen (secondary N) is 1. The third kappa shape index (κ3) is 3.28. The molecule has 1 aromatic carbocycles. The molecule has 0 aliphatic rings. The van der Waals surface area contributed by atoms with E-state index in [-0.39, 0.29) is 23.8 Å². The van der Waals surface area contributed by atoms with E-state index in [1.54, 1.807) is 6.07 Å². The molecule has 0 bridgehead atoms. The van der Waals surface area contributed by atoms with Gasteiger partial charge in [-0.1, -0.05) is 0 Å². The molecule has 2 aromatic rings. The average molecular weight is 275 g/mol. The van der Waals surface area contributed by atoms with Crippen LogP contribution in [0.1, 0.15) is 21.7 Å². The molecule has 1 amide bonds. The SMILES string of the molecule is COc1ccc(C(=O)NCc2cc(C)ncn2)cc1F. The Morgan fingerprint density at radius 2 is 2.15 bits per heavy atom. The monoisotopic (exact) mass is 275 g/mol. The number of hydrogen-bond donors (Lipinski definition) is 1. The van der Waals surface area contributed by atoms with Gasteiger partial charge in [0, 0.05) is 11.3 Å². The number of halogens is 1. The normalized spacial score (nSPS) is 10.2. The van der Waals surface area contributed by atoms with E-state index in [1.165, 1.54) is 25.6 Å². The van der Waals surface area contributed by atoms with Gasteiger partial charge < -0.3 is 10.1 Å². The number of hydrogen-bond acceptors (Lipinski definition) is 4. The van der Waals surface area contributed by atoms with Gasteiger partial charge in [0.05, 0.1) is 19.3 Å². The van der Waals surface area contributed by atoms with Crippen molar-refractivity contribution in [2.45, 2.75) is 13.5 Å². The molecule has 1 aromatic heterocycles. The molecule has 104 valence electrons. The van der Waals surface area contributed by atoms with Gasteiger partial charge in [-0.05, 0) is 31.2 Å². The maximum atomic E-state index is 13.5. The van der Waals surface area contributed by atoms with Crippen molar-refractivity contribution in [3.63, 3.8) is 0 Å². The molecule has 0 radical (unpaired) electrons. The lowest BCUT2D eigenvalue weighted by Gasteiger charge is -2.07. The summed E-state index contributed by atoms with van der Waals surface area (Å²) in [4.78, 5) is 19.9. The minimum Gasteiger partial charge on any atom is -0.494 e. The first kappa shape index (κ1) is 13.9. The van der Waals surface area contributed by atoms with Crippen LogP contribution in [0.25, 0.3) is 0 Å². The maximum Gasteiger partial charge on any atom is 0.251 e. The largest absolute Gasteiger partial charge is 0.494 e. The van der Waals surface area contributed by atoms with E-state index in [1.807, 2.05) is 6.92 Å². The third-order valence-corrected chi connectivity index (χ3v) is 2.70. The van der Waals surface area contributed by atoms with Crippen molar-refractivity contribution in [3.8, 4) is 5.75 Å². The Balaban J connectivity index is 2.03. The highest BCUT2D eigenvalue weighted by molar-refractivity contribution is 5.94. The molecule has 0 aliphatic carbocycles. The van der Waals surface area contributed by atoms with Crippen LogP contribution >= 0.6 is 0 Å². The van der Waals surface area contributed by atoms with Gasteiger partial charge in [0.2, 0.25) is 0 Å². The number of aromatic nitrogens is 2. The van der Waals surface area contributed by atoms with Crippen molar-refractivity contribution in [1.29, 1.82) is 0 Å². The molecule has 2 rings (SSSR count). The number of rotatable bonds is 4. The summed E-state index contributed by atoms with van der Waals surface area (Å²) in [5, 5.41) is 2.67. The Morgan fingerprint density at radius 1 is 1.35 bits per heavy atom. The Morgan fingerprint density at radius 3 is 2.80 bits per heavy atom. The summed E-state index contributed by atoms with van der Waals surface area (Å²) in [5.41, 5.74) is 1.74. The number of amides is 1. The third-order valence-electron chi connectivity index (χ3n) is 2.70. The fourth-order valence-electron chi connectivity index (χ4n) is 1.69. The zero-order valence-corrected chi connectivity index (χ0v) is 11.2. The Bertz CT molecular complexity index is 632. The van der Waals surface area contributed by atoms with Gasteiger partial charge in [0.25, 0.3) is 5.91 Å². The average Bonchev–Trinajstić information content (AvgIpc) is 2.44. The molecule has 0 fully saturated rings.